The van der Waals surface area contributed by atoms with Gasteiger partial charge in [-0.1, -0.05) is 66.5 Å². The van der Waals surface area contributed by atoms with Crippen LogP contribution in [0.3, 0.4) is 0 Å². The third kappa shape index (κ3) is 4.46. The molecule has 0 aliphatic carbocycles. The molecule has 25 heavy (non-hydrogen) atoms. The maximum Gasteiger partial charge on any atom is 0.359 e. The van der Waals surface area contributed by atoms with Crippen molar-refractivity contribution < 1.29 is 9.09 Å². The second kappa shape index (κ2) is 6.95. The van der Waals surface area contributed by atoms with Gasteiger partial charge in [0, 0.05) is 16.9 Å². The van der Waals surface area contributed by atoms with Crippen molar-refractivity contribution in [1.29, 1.82) is 0 Å². The average molecular weight is 403 g/mol. The molecule has 0 fully saturated rings. The number of benzene rings is 1. The molecule has 0 spiro atoms. The topological polar surface area (TPSA) is 26.3 Å². The van der Waals surface area contributed by atoms with E-state index >= 15 is 0 Å². The highest BCUT2D eigenvalue weighted by Gasteiger charge is 2.36. The minimum atomic E-state index is -3.34. The Morgan fingerprint density at radius 3 is 2.12 bits per heavy atom. The summed E-state index contributed by atoms with van der Waals surface area (Å²) < 4.78 is 18.5. The molecule has 0 saturated heterocycles. The molecule has 2 nitrogen and oxygen atoms in total. The summed E-state index contributed by atoms with van der Waals surface area (Å²) in [5, 5.41) is 0.689. The predicted octanol–water partition coefficient (Wildman–Crippen LogP) is 8.29. The molecule has 1 aliphatic heterocycles. The Kier molecular flexibility index (Phi) is 5.80. The Hall–Kier alpha value is -0.430. The zero-order valence-corrected chi connectivity index (χ0v) is 18.7. The van der Waals surface area contributed by atoms with Crippen molar-refractivity contribution in [2.75, 3.05) is 0 Å². The number of rotatable bonds is 3. The first-order chi connectivity index (χ1) is 11.3. The van der Waals surface area contributed by atoms with E-state index in [2.05, 4.69) is 54.5 Å². The first-order valence-electron chi connectivity index (χ1n) is 8.86. The molecule has 140 valence electrons. The standard InChI is InChI=1S/C20H29Cl2O2P/c1-8-9-10-13-12-25(22,23)24-18-15(20(5,6)7)11-14(19(2,3)4)17(21)16(13)18/h11-12H,8-10H2,1-7H3. The molecule has 1 atom stereocenters. The Morgan fingerprint density at radius 2 is 1.64 bits per heavy atom. The minimum absolute atomic E-state index is 0.107. The fraction of sp³-hybridized carbons (Fsp3) is 0.600. The fourth-order valence-corrected chi connectivity index (χ4v) is 5.31. The lowest BCUT2D eigenvalue weighted by molar-refractivity contribution is 0.483. The van der Waals surface area contributed by atoms with E-state index in [1.165, 1.54) is 0 Å². The third-order valence-electron chi connectivity index (χ3n) is 4.48. The van der Waals surface area contributed by atoms with Crippen molar-refractivity contribution >= 4 is 35.1 Å². The highest BCUT2D eigenvalue weighted by molar-refractivity contribution is 7.88. The molecule has 5 heteroatoms. The number of hydrogen-bond donors (Lipinski definition) is 0. The van der Waals surface area contributed by atoms with Crippen LogP contribution in [0.25, 0.3) is 5.57 Å². The van der Waals surface area contributed by atoms with Gasteiger partial charge in [-0.2, -0.15) is 0 Å². The summed E-state index contributed by atoms with van der Waals surface area (Å²) in [6.45, 7) is 11.6. The van der Waals surface area contributed by atoms with Crippen LogP contribution < -0.4 is 4.52 Å². The largest absolute Gasteiger partial charge is 0.429 e. The second-order valence-electron chi connectivity index (χ2n) is 8.86. The van der Waals surface area contributed by atoms with Crippen LogP contribution in [0.2, 0.25) is 5.02 Å². The van der Waals surface area contributed by atoms with Crippen molar-refractivity contribution in [3.05, 3.63) is 33.6 Å². The van der Waals surface area contributed by atoms with Gasteiger partial charge in [0.05, 0.1) is 5.02 Å². The van der Waals surface area contributed by atoms with Crippen LogP contribution in [0.5, 0.6) is 5.75 Å². The Labute approximate surface area is 162 Å². The van der Waals surface area contributed by atoms with Crippen molar-refractivity contribution in [2.24, 2.45) is 0 Å². The molecule has 0 aromatic heterocycles. The number of hydrogen-bond acceptors (Lipinski definition) is 2. The van der Waals surface area contributed by atoms with Crippen LogP contribution in [-0.2, 0) is 15.4 Å². The summed E-state index contributed by atoms with van der Waals surface area (Å²) in [5.41, 5.74) is 3.61. The quantitative estimate of drug-likeness (QED) is 0.475. The summed E-state index contributed by atoms with van der Waals surface area (Å²) in [6, 6.07) is 2.10. The van der Waals surface area contributed by atoms with Crippen molar-refractivity contribution in [3.8, 4) is 5.75 Å². The van der Waals surface area contributed by atoms with Gasteiger partial charge in [-0.3, -0.25) is 4.57 Å². The Balaban J connectivity index is 2.86. The molecule has 0 amide bonds. The summed E-state index contributed by atoms with van der Waals surface area (Å²) >= 11 is 13.0. The first-order valence-corrected chi connectivity index (χ1v) is 11.8. The van der Waals surface area contributed by atoms with Crippen molar-refractivity contribution in [1.82, 2.24) is 0 Å². The zero-order valence-electron chi connectivity index (χ0n) is 16.3. The molecular weight excluding hydrogens is 374 g/mol. The van der Waals surface area contributed by atoms with Gasteiger partial charge in [0.1, 0.15) is 5.75 Å². The Morgan fingerprint density at radius 1 is 1.08 bits per heavy atom. The van der Waals surface area contributed by atoms with E-state index in [9.17, 15) is 4.57 Å². The highest BCUT2D eigenvalue weighted by Crippen LogP contribution is 2.63. The molecule has 0 saturated carbocycles. The SMILES string of the molecule is CCCCC1=CP(=O)(Cl)Oc2c(C(C)(C)C)cc(C(C)(C)C)c(Cl)c21. The second-order valence-corrected chi connectivity index (χ2v) is 12.1. The summed E-state index contributed by atoms with van der Waals surface area (Å²) in [4.78, 5) is 0. The molecule has 1 aromatic carbocycles. The van der Waals surface area contributed by atoms with Gasteiger partial charge in [-0.05, 0) is 52.1 Å². The molecule has 1 aromatic rings. The molecule has 0 radical (unpaired) electrons. The van der Waals surface area contributed by atoms with Gasteiger partial charge >= 0.3 is 6.72 Å². The number of fused-ring (bicyclic) bond motifs is 1. The molecule has 2 rings (SSSR count). The average Bonchev–Trinajstić information content (AvgIpc) is 2.40. The van der Waals surface area contributed by atoms with Crippen LogP contribution in [0.1, 0.15) is 84.4 Å². The Bertz CT molecular complexity index is 752. The van der Waals surface area contributed by atoms with E-state index in [4.69, 9.17) is 27.4 Å². The third-order valence-corrected chi connectivity index (χ3v) is 6.42. The van der Waals surface area contributed by atoms with Crippen LogP contribution in [-0.4, -0.2) is 0 Å². The zero-order chi connectivity index (χ0) is 19.2. The van der Waals surface area contributed by atoms with Crippen LogP contribution in [0, 0.1) is 0 Å². The van der Waals surface area contributed by atoms with Crippen LogP contribution >= 0.6 is 29.6 Å². The minimum Gasteiger partial charge on any atom is -0.429 e. The van der Waals surface area contributed by atoms with Crippen molar-refractivity contribution in [2.45, 2.75) is 78.6 Å². The maximum absolute atomic E-state index is 12.7. The lowest BCUT2D eigenvalue weighted by atomic mass is 9.77. The van der Waals surface area contributed by atoms with Gasteiger partial charge in [-0.15, -0.1) is 0 Å². The maximum atomic E-state index is 12.7. The van der Waals surface area contributed by atoms with E-state index in [1.807, 2.05) is 0 Å². The number of allylic oxidation sites excluding steroid dienone is 1. The molecular formula is C20H29Cl2O2P. The van der Waals surface area contributed by atoms with Crippen LogP contribution in [0.4, 0.5) is 0 Å². The first kappa shape index (κ1) is 20.9. The van der Waals surface area contributed by atoms with Gasteiger partial charge < -0.3 is 4.52 Å². The van der Waals surface area contributed by atoms with E-state index in [1.54, 1.807) is 5.82 Å². The van der Waals surface area contributed by atoms with Gasteiger partial charge in [0.15, 0.2) is 0 Å². The van der Waals surface area contributed by atoms with Crippen molar-refractivity contribution in [3.63, 3.8) is 0 Å². The summed E-state index contributed by atoms with van der Waals surface area (Å²) in [6.07, 6.45) is 2.83. The van der Waals surface area contributed by atoms with E-state index in [0.29, 0.717) is 10.8 Å². The lowest BCUT2D eigenvalue weighted by Gasteiger charge is -2.33. The molecule has 0 bridgehead atoms. The van der Waals surface area contributed by atoms with Gasteiger partial charge in [-0.25, -0.2) is 0 Å². The molecule has 1 heterocycles. The monoisotopic (exact) mass is 402 g/mol. The van der Waals surface area contributed by atoms with Crippen LogP contribution in [0.15, 0.2) is 11.9 Å². The van der Waals surface area contributed by atoms with E-state index in [0.717, 1.165) is 41.5 Å². The summed E-state index contributed by atoms with van der Waals surface area (Å²) in [7, 11) is 0. The lowest BCUT2D eigenvalue weighted by Crippen LogP contribution is -2.20. The normalized spacial score (nSPS) is 20.8. The van der Waals surface area contributed by atoms with E-state index in [-0.39, 0.29) is 10.8 Å². The highest BCUT2D eigenvalue weighted by atomic mass is 35.7. The smallest absolute Gasteiger partial charge is 0.359 e. The number of unbranched alkanes of at least 4 members (excludes halogenated alkanes) is 1. The predicted molar refractivity (Wildman–Crippen MR) is 110 cm³/mol. The fourth-order valence-electron chi connectivity index (χ4n) is 3.09. The van der Waals surface area contributed by atoms with Gasteiger partial charge in [0.25, 0.3) is 0 Å². The molecule has 1 unspecified atom stereocenters. The van der Waals surface area contributed by atoms with Gasteiger partial charge in [0.2, 0.25) is 0 Å². The van der Waals surface area contributed by atoms with E-state index < -0.39 is 6.72 Å². The number of halogens is 2. The molecule has 0 N–H and O–H groups in total. The summed E-state index contributed by atoms with van der Waals surface area (Å²) in [5.74, 6) is 2.19. The molecule has 1 aliphatic rings.